The van der Waals surface area contributed by atoms with Crippen molar-refractivity contribution in [2.45, 2.75) is 13.1 Å². The first-order valence-electron chi connectivity index (χ1n) is 7.15. The molecule has 1 aromatic heterocycles. The fourth-order valence-corrected chi connectivity index (χ4v) is 2.44. The average molecular weight is 313 g/mol. The highest BCUT2D eigenvalue weighted by Gasteiger charge is 2.29. The van der Waals surface area contributed by atoms with Crippen molar-refractivity contribution in [3.63, 3.8) is 0 Å². The van der Waals surface area contributed by atoms with Gasteiger partial charge in [0.1, 0.15) is 0 Å². The number of hydrogen-bond acceptors (Lipinski definition) is 1. The Morgan fingerprint density at radius 3 is 2.00 bits per heavy atom. The van der Waals surface area contributed by atoms with E-state index in [1.54, 1.807) is 0 Å². The maximum Gasteiger partial charge on any atom is 0.416 e. The summed E-state index contributed by atoms with van der Waals surface area (Å²) in [5, 5.41) is 0. The quantitative estimate of drug-likeness (QED) is 0.587. The maximum atomic E-state index is 12.7. The predicted octanol–water partition coefficient (Wildman–Crippen LogP) is 5.74. The summed E-state index contributed by atoms with van der Waals surface area (Å²) in [7, 11) is 0. The fraction of sp³-hybridized carbons (Fsp3) is 0.105. The molecule has 4 heteroatoms. The summed E-state index contributed by atoms with van der Waals surface area (Å²) in [6.45, 7) is 1.88. The van der Waals surface area contributed by atoms with Gasteiger partial charge < -0.3 is 0 Å². The lowest BCUT2D eigenvalue weighted by Crippen LogP contribution is -2.04. The molecule has 0 N–H and O–H groups in total. The topological polar surface area (TPSA) is 12.9 Å². The van der Waals surface area contributed by atoms with E-state index in [-0.39, 0.29) is 0 Å². The van der Waals surface area contributed by atoms with E-state index in [9.17, 15) is 13.2 Å². The van der Waals surface area contributed by atoms with Crippen LogP contribution >= 0.6 is 0 Å². The third-order valence-electron chi connectivity index (χ3n) is 3.57. The second-order valence-electron chi connectivity index (χ2n) is 5.32. The Balaban J connectivity index is 2.02. The van der Waals surface area contributed by atoms with Gasteiger partial charge in [0.25, 0.3) is 0 Å². The van der Waals surface area contributed by atoms with Crippen molar-refractivity contribution in [3.05, 3.63) is 78.0 Å². The molecule has 0 aliphatic carbocycles. The molecule has 3 aromatic rings. The van der Waals surface area contributed by atoms with Gasteiger partial charge in [-0.15, -0.1) is 0 Å². The molecule has 23 heavy (non-hydrogen) atoms. The van der Waals surface area contributed by atoms with E-state index in [0.717, 1.165) is 40.2 Å². The molecular weight excluding hydrogens is 299 g/mol. The smallest absolute Gasteiger partial charge is 0.253 e. The number of aryl methyl sites for hydroxylation is 1. The summed E-state index contributed by atoms with van der Waals surface area (Å²) < 4.78 is 38.0. The number of pyridine rings is 1. The van der Waals surface area contributed by atoms with Gasteiger partial charge in [-0.05, 0) is 42.3 Å². The van der Waals surface area contributed by atoms with Gasteiger partial charge in [0.05, 0.1) is 11.3 Å². The van der Waals surface area contributed by atoms with Crippen LogP contribution in [-0.4, -0.2) is 4.98 Å². The normalized spacial score (nSPS) is 11.5. The zero-order valence-electron chi connectivity index (χ0n) is 12.4. The van der Waals surface area contributed by atoms with Crippen LogP contribution in [0.5, 0.6) is 0 Å². The van der Waals surface area contributed by atoms with Crippen molar-refractivity contribution < 1.29 is 13.2 Å². The van der Waals surface area contributed by atoms with Crippen LogP contribution in [0, 0.1) is 6.92 Å². The summed E-state index contributed by atoms with van der Waals surface area (Å²) in [5.41, 5.74) is 3.55. The van der Waals surface area contributed by atoms with Crippen LogP contribution < -0.4 is 0 Å². The fourth-order valence-electron chi connectivity index (χ4n) is 2.44. The van der Waals surface area contributed by atoms with Crippen LogP contribution in [0.4, 0.5) is 13.2 Å². The van der Waals surface area contributed by atoms with Gasteiger partial charge in [-0.2, -0.15) is 13.2 Å². The van der Waals surface area contributed by atoms with Crippen molar-refractivity contribution in [2.24, 2.45) is 0 Å². The number of halogens is 3. The Bertz CT molecular complexity index is 806. The summed E-state index contributed by atoms with van der Waals surface area (Å²) in [6.07, 6.45) is -4.32. The zero-order chi connectivity index (χ0) is 16.4. The molecule has 0 amide bonds. The van der Waals surface area contributed by atoms with E-state index in [1.807, 2.05) is 49.4 Å². The largest absolute Gasteiger partial charge is 0.416 e. The highest BCUT2D eigenvalue weighted by atomic mass is 19.4. The minimum atomic E-state index is -4.32. The maximum absolute atomic E-state index is 12.7. The van der Waals surface area contributed by atoms with Crippen LogP contribution in [-0.2, 0) is 6.18 Å². The van der Waals surface area contributed by atoms with Crippen molar-refractivity contribution >= 4 is 0 Å². The van der Waals surface area contributed by atoms with E-state index in [2.05, 4.69) is 4.98 Å². The van der Waals surface area contributed by atoms with E-state index in [0.29, 0.717) is 0 Å². The third-order valence-corrected chi connectivity index (χ3v) is 3.57. The Labute approximate surface area is 132 Å². The van der Waals surface area contributed by atoms with Gasteiger partial charge in [-0.1, -0.05) is 42.5 Å². The van der Waals surface area contributed by atoms with Crippen molar-refractivity contribution in [2.75, 3.05) is 0 Å². The first kappa shape index (κ1) is 15.3. The van der Waals surface area contributed by atoms with Gasteiger partial charge in [0.2, 0.25) is 0 Å². The molecule has 0 bridgehead atoms. The lowest BCUT2D eigenvalue weighted by atomic mass is 10.0. The molecule has 3 rings (SSSR count). The van der Waals surface area contributed by atoms with Crippen LogP contribution in [0.15, 0.2) is 66.7 Å². The molecule has 0 aliphatic rings. The Kier molecular flexibility index (Phi) is 3.90. The molecule has 0 spiro atoms. The molecule has 0 radical (unpaired) electrons. The van der Waals surface area contributed by atoms with Crippen LogP contribution in [0.3, 0.4) is 0 Å². The lowest BCUT2D eigenvalue weighted by molar-refractivity contribution is -0.137. The number of nitrogens with zero attached hydrogens (tertiary/aromatic N) is 1. The van der Waals surface area contributed by atoms with Crippen molar-refractivity contribution in [3.8, 4) is 22.4 Å². The van der Waals surface area contributed by atoms with Crippen LogP contribution in [0.2, 0.25) is 0 Å². The molecule has 0 aliphatic heterocycles. The SMILES string of the molecule is Cc1cc(-c2ccc(C(F)(F)F)cc2)cc(-c2ccccc2)n1. The first-order valence-corrected chi connectivity index (χ1v) is 7.15. The van der Waals surface area contributed by atoms with E-state index in [1.165, 1.54) is 12.1 Å². The van der Waals surface area contributed by atoms with Gasteiger partial charge in [0.15, 0.2) is 0 Å². The number of aromatic nitrogens is 1. The van der Waals surface area contributed by atoms with E-state index in [4.69, 9.17) is 0 Å². The molecule has 0 atom stereocenters. The van der Waals surface area contributed by atoms with Crippen LogP contribution in [0.25, 0.3) is 22.4 Å². The summed E-state index contributed by atoms with van der Waals surface area (Å²) in [6, 6.07) is 18.7. The zero-order valence-corrected chi connectivity index (χ0v) is 12.4. The molecule has 2 aromatic carbocycles. The van der Waals surface area contributed by atoms with Crippen LogP contribution in [0.1, 0.15) is 11.3 Å². The van der Waals surface area contributed by atoms with Gasteiger partial charge >= 0.3 is 6.18 Å². The second-order valence-corrected chi connectivity index (χ2v) is 5.32. The van der Waals surface area contributed by atoms with E-state index >= 15 is 0 Å². The number of hydrogen-bond donors (Lipinski definition) is 0. The number of rotatable bonds is 2. The highest BCUT2D eigenvalue weighted by Crippen LogP contribution is 2.32. The Hall–Kier alpha value is -2.62. The lowest BCUT2D eigenvalue weighted by Gasteiger charge is -2.10. The Morgan fingerprint density at radius 1 is 0.739 bits per heavy atom. The first-order chi connectivity index (χ1) is 10.9. The molecular formula is C19H14F3N. The standard InChI is InChI=1S/C19H14F3N/c1-13-11-16(12-18(23-13)15-5-3-2-4-6-15)14-7-9-17(10-8-14)19(20,21)22/h2-12H,1H3. The molecule has 0 unspecified atom stereocenters. The summed E-state index contributed by atoms with van der Waals surface area (Å²) in [5.74, 6) is 0. The number of benzene rings is 2. The second kappa shape index (κ2) is 5.88. The Morgan fingerprint density at radius 2 is 1.39 bits per heavy atom. The van der Waals surface area contributed by atoms with E-state index < -0.39 is 11.7 Å². The van der Waals surface area contributed by atoms with Gasteiger partial charge in [-0.25, -0.2) is 0 Å². The van der Waals surface area contributed by atoms with Gasteiger partial charge in [0, 0.05) is 11.3 Å². The van der Waals surface area contributed by atoms with Gasteiger partial charge in [-0.3, -0.25) is 4.98 Å². The highest BCUT2D eigenvalue weighted by molar-refractivity contribution is 5.71. The predicted molar refractivity (Wildman–Crippen MR) is 84.8 cm³/mol. The minimum Gasteiger partial charge on any atom is -0.253 e. The molecule has 1 nitrogen and oxygen atoms in total. The molecule has 0 saturated heterocycles. The summed E-state index contributed by atoms with van der Waals surface area (Å²) >= 11 is 0. The molecule has 0 fully saturated rings. The molecule has 1 heterocycles. The monoisotopic (exact) mass is 313 g/mol. The molecule has 116 valence electrons. The van der Waals surface area contributed by atoms with Crippen molar-refractivity contribution in [1.82, 2.24) is 4.98 Å². The minimum absolute atomic E-state index is 0.643. The summed E-state index contributed by atoms with van der Waals surface area (Å²) in [4.78, 5) is 4.51. The van der Waals surface area contributed by atoms with Crippen molar-refractivity contribution in [1.29, 1.82) is 0 Å². The third kappa shape index (κ3) is 3.42. The average Bonchev–Trinajstić information content (AvgIpc) is 2.54. The molecule has 0 saturated carbocycles. The number of alkyl halides is 3.